The first-order valence-corrected chi connectivity index (χ1v) is 11.6. The fourth-order valence-electron chi connectivity index (χ4n) is 4.93. The van der Waals surface area contributed by atoms with Crippen molar-refractivity contribution < 1.29 is 19.1 Å². The Kier molecular flexibility index (Phi) is 7.57. The maximum atomic E-state index is 13.5. The largest absolute Gasteiger partial charge is 0.469 e. The second kappa shape index (κ2) is 10.8. The van der Waals surface area contributed by atoms with Crippen molar-refractivity contribution in [2.24, 2.45) is 5.92 Å². The van der Waals surface area contributed by atoms with Crippen molar-refractivity contribution in [3.8, 4) is 0 Å². The molecule has 0 aliphatic carbocycles. The van der Waals surface area contributed by atoms with Gasteiger partial charge in [-0.1, -0.05) is 86.2 Å². The van der Waals surface area contributed by atoms with Gasteiger partial charge in [0, 0.05) is 13.1 Å². The predicted molar refractivity (Wildman–Crippen MR) is 126 cm³/mol. The summed E-state index contributed by atoms with van der Waals surface area (Å²) in [7, 11) is 1.41. The third kappa shape index (κ3) is 5.18. The first-order valence-electron chi connectivity index (χ1n) is 11.6. The van der Waals surface area contributed by atoms with E-state index in [1.165, 1.54) is 7.11 Å². The molecule has 33 heavy (non-hydrogen) atoms. The summed E-state index contributed by atoms with van der Waals surface area (Å²) in [5, 5.41) is 3.12. The van der Waals surface area contributed by atoms with Gasteiger partial charge in [0.1, 0.15) is 5.92 Å². The lowest BCUT2D eigenvalue weighted by atomic mass is 9.86. The van der Waals surface area contributed by atoms with Crippen LogP contribution in [0.4, 0.5) is 0 Å². The summed E-state index contributed by atoms with van der Waals surface area (Å²) in [6, 6.07) is 19.3. The SMILES string of the molecule is CCC[C@@H](C(=O)NCc1ccccc1)N(Cc1ccccc1)[C@@H]1[C@@H](C(=O)OC)[C@H]2C=C[C@@H]1O2. The van der Waals surface area contributed by atoms with Gasteiger partial charge in [-0.15, -0.1) is 0 Å². The Hall–Kier alpha value is -2.96. The van der Waals surface area contributed by atoms with Crippen LogP contribution >= 0.6 is 0 Å². The van der Waals surface area contributed by atoms with Gasteiger partial charge in [0.2, 0.25) is 5.91 Å². The van der Waals surface area contributed by atoms with Crippen molar-refractivity contribution >= 4 is 11.9 Å². The number of carbonyl (C=O) groups excluding carboxylic acids is 2. The number of ether oxygens (including phenoxy) is 2. The summed E-state index contributed by atoms with van der Waals surface area (Å²) in [4.78, 5) is 28.4. The summed E-state index contributed by atoms with van der Waals surface area (Å²) in [5.41, 5.74) is 2.14. The molecule has 174 valence electrons. The zero-order valence-electron chi connectivity index (χ0n) is 19.2. The molecule has 2 aliphatic rings. The number of fused-ring (bicyclic) bond motifs is 2. The molecule has 0 radical (unpaired) electrons. The number of rotatable bonds is 10. The van der Waals surface area contributed by atoms with Crippen LogP contribution in [0, 0.1) is 5.92 Å². The first kappa shape index (κ1) is 23.2. The standard InChI is InChI=1S/C27H32N2O4/c1-3-10-21(26(30)28-17-19-11-6-4-7-12-19)29(18-20-13-8-5-9-14-20)25-23-16-15-22(33-23)24(25)27(31)32-2/h4-9,11-16,21-25H,3,10,17-18H2,1-2H3,(H,28,30)/t21-,22+,23-,24-,25-/m0/s1. The number of amides is 1. The van der Waals surface area contributed by atoms with Gasteiger partial charge in [-0.3, -0.25) is 14.5 Å². The van der Waals surface area contributed by atoms with Crippen LogP contribution in [0.15, 0.2) is 72.8 Å². The number of esters is 1. The van der Waals surface area contributed by atoms with E-state index in [0.29, 0.717) is 19.5 Å². The first-order chi connectivity index (χ1) is 16.1. The van der Waals surface area contributed by atoms with Crippen LogP contribution in [-0.2, 0) is 32.2 Å². The van der Waals surface area contributed by atoms with Crippen molar-refractivity contribution in [1.82, 2.24) is 10.2 Å². The quantitative estimate of drug-likeness (QED) is 0.445. The predicted octanol–water partition coefficient (Wildman–Crippen LogP) is 3.47. The summed E-state index contributed by atoms with van der Waals surface area (Å²) >= 11 is 0. The van der Waals surface area contributed by atoms with Crippen LogP contribution in [0.3, 0.4) is 0 Å². The Bertz CT molecular complexity index is 963. The number of carbonyl (C=O) groups is 2. The molecule has 6 heteroatoms. The monoisotopic (exact) mass is 448 g/mol. The third-order valence-corrected chi connectivity index (χ3v) is 6.50. The van der Waals surface area contributed by atoms with Crippen LogP contribution < -0.4 is 5.32 Å². The van der Waals surface area contributed by atoms with Gasteiger partial charge in [0.05, 0.1) is 31.4 Å². The molecule has 1 N–H and O–H groups in total. The normalized spacial score (nSPS) is 24.1. The highest BCUT2D eigenvalue weighted by Gasteiger charge is 2.54. The van der Waals surface area contributed by atoms with Gasteiger partial charge in [0.15, 0.2) is 0 Å². The van der Waals surface area contributed by atoms with Crippen LogP contribution in [0.5, 0.6) is 0 Å². The number of hydrogen-bond acceptors (Lipinski definition) is 5. The van der Waals surface area contributed by atoms with Crippen LogP contribution in [0.2, 0.25) is 0 Å². The van der Waals surface area contributed by atoms with Gasteiger partial charge < -0.3 is 14.8 Å². The molecule has 1 amide bonds. The van der Waals surface area contributed by atoms with Crippen molar-refractivity contribution in [3.63, 3.8) is 0 Å². The van der Waals surface area contributed by atoms with E-state index in [2.05, 4.69) is 29.3 Å². The van der Waals surface area contributed by atoms with Gasteiger partial charge in [0.25, 0.3) is 0 Å². The topological polar surface area (TPSA) is 67.9 Å². The average molecular weight is 449 g/mol. The van der Waals surface area contributed by atoms with Crippen molar-refractivity contribution in [2.45, 2.75) is 57.1 Å². The Morgan fingerprint density at radius 2 is 1.64 bits per heavy atom. The molecule has 2 bridgehead atoms. The van der Waals surface area contributed by atoms with E-state index in [4.69, 9.17) is 9.47 Å². The Labute approximate surface area is 195 Å². The number of benzene rings is 2. The van der Waals surface area contributed by atoms with Crippen LogP contribution in [0.25, 0.3) is 0 Å². The van der Waals surface area contributed by atoms with E-state index in [0.717, 1.165) is 17.5 Å². The minimum absolute atomic E-state index is 0.0352. The molecule has 5 atom stereocenters. The van der Waals surface area contributed by atoms with Gasteiger partial charge in [-0.25, -0.2) is 0 Å². The number of methoxy groups -OCH3 is 1. The zero-order chi connectivity index (χ0) is 23.2. The fraction of sp³-hybridized carbons (Fsp3) is 0.407. The van der Waals surface area contributed by atoms with Crippen LogP contribution in [-0.4, -0.2) is 48.2 Å². The Morgan fingerprint density at radius 3 is 2.27 bits per heavy atom. The summed E-state index contributed by atoms with van der Waals surface area (Å²) in [5.74, 6) is -0.795. The lowest BCUT2D eigenvalue weighted by Crippen LogP contribution is -2.56. The van der Waals surface area contributed by atoms with Gasteiger partial charge >= 0.3 is 5.97 Å². The Balaban J connectivity index is 1.63. The van der Waals surface area contributed by atoms with Gasteiger partial charge in [-0.05, 0) is 17.5 Å². The van der Waals surface area contributed by atoms with E-state index in [-0.39, 0.29) is 30.1 Å². The molecule has 4 rings (SSSR count). The van der Waals surface area contributed by atoms with E-state index in [1.807, 2.05) is 60.7 Å². The highest BCUT2D eigenvalue weighted by Crippen LogP contribution is 2.40. The maximum absolute atomic E-state index is 13.5. The Morgan fingerprint density at radius 1 is 1.00 bits per heavy atom. The van der Waals surface area contributed by atoms with E-state index in [9.17, 15) is 9.59 Å². The minimum Gasteiger partial charge on any atom is -0.469 e. The lowest BCUT2D eigenvalue weighted by molar-refractivity contribution is -0.149. The molecule has 0 aromatic heterocycles. The fourth-order valence-corrected chi connectivity index (χ4v) is 4.93. The third-order valence-electron chi connectivity index (χ3n) is 6.50. The number of nitrogens with one attached hydrogen (secondary N) is 1. The minimum atomic E-state index is -0.463. The molecule has 1 saturated heterocycles. The number of hydrogen-bond donors (Lipinski definition) is 1. The molecule has 0 spiro atoms. The highest BCUT2D eigenvalue weighted by molar-refractivity contribution is 5.82. The second-order valence-electron chi connectivity index (χ2n) is 8.66. The van der Waals surface area contributed by atoms with E-state index >= 15 is 0 Å². The smallest absolute Gasteiger partial charge is 0.313 e. The molecule has 2 aliphatic heterocycles. The molecule has 2 heterocycles. The lowest BCUT2D eigenvalue weighted by Gasteiger charge is -2.39. The number of nitrogens with zero attached hydrogens (tertiary/aromatic N) is 1. The zero-order valence-corrected chi connectivity index (χ0v) is 19.2. The highest BCUT2D eigenvalue weighted by atomic mass is 16.5. The van der Waals surface area contributed by atoms with E-state index in [1.54, 1.807) is 0 Å². The molecular weight excluding hydrogens is 416 g/mol. The molecule has 2 aromatic rings. The molecule has 0 unspecified atom stereocenters. The van der Waals surface area contributed by atoms with Gasteiger partial charge in [-0.2, -0.15) is 0 Å². The molecule has 1 fully saturated rings. The van der Waals surface area contributed by atoms with Crippen LogP contribution in [0.1, 0.15) is 30.9 Å². The van der Waals surface area contributed by atoms with Crippen molar-refractivity contribution in [1.29, 1.82) is 0 Å². The summed E-state index contributed by atoms with van der Waals surface area (Å²) < 4.78 is 11.2. The molecular formula is C27H32N2O4. The molecule has 6 nitrogen and oxygen atoms in total. The average Bonchev–Trinajstić information content (AvgIpc) is 3.47. The second-order valence-corrected chi connectivity index (χ2v) is 8.66. The van der Waals surface area contributed by atoms with Crippen molar-refractivity contribution in [3.05, 3.63) is 83.9 Å². The maximum Gasteiger partial charge on any atom is 0.313 e. The van der Waals surface area contributed by atoms with Crippen molar-refractivity contribution in [2.75, 3.05) is 7.11 Å². The molecule has 0 saturated carbocycles. The molecule has 2 aromatic carbocycles. The van der Waals surface area contributed by atoms with E-state index < -0.39 is 12.0 Å². The summed E-state index contributed by atoms with van der Waals surface area (Å²) in [6.45, 7) is 3.09. The summed E-state index contributed by atoms with van der Waals surface area (Å²) in [6.07, 6.45) is 4.91.